The summed E-state index contributed by atoms with van der Waals surface area (Å²) in [5.74, 6) is 0.528. The molecule has 0 saturated carbocycles. The number of carbonyl (C=O) groups is 1. The van der Waals surface area contributed by atoms with E-state index in [1.165, 1.54) is 0 Å². The molecular formula is C12H24N2O2. The third kappa shape index (κ3) is 4.49. The summed E-state index contributed by atoms with van der Waals surface area (Å²) in [4.78, 5) is 13.3. The summed E-state index contributed by atoms with van der Waals surface area (Å²) in [6, 6.07) is 0.241. The number of hydrogen-bond acceptors (Lipinski definition) is 3. The van der Waals surface area contributed by atoms with Crippen molar-refractivity contribution in [2.75, 3.05) is 20.1 Å². The lowest BCUT2D eigenvalue weighted by Crippen LogP contribution is -2.49. The van der Waals surface area contributed by atoms with Crippen LogP contribution in [0.25, 0.3) is 0 Å². The Morgan fingerprint density at radius 1 is 1.56 bits per heavy atom. The van der Waals surface area contributed by atoms with Crippen molar-refractivity contribution in [2.24, 2.45) is 5.92 Å². The second kappa shape index (κ2) is 6.21. The summed E-state index contributed by atoms with van der Waals surface area (Å²) in [7, 11) is 2.07. The topological polar surface area (TPSA) is 52.6 Å². The smallest absolute Gasteiger partial charge is 0.217 e. The normalized spacial score (nSPS) is 28.8. The molecule has 1 aliphatic rings. The van der Waals surface area contributed by atoms with Crippen molar-refractivity contribution in [3.63, 3.8) is 0 Å². The Labute approximate surface area is 98.0 Å². The monoisotopic (exact) mass is 228 g/mol. The fourth-order valence-electron chi connectivity index (χ4n) is 2.56. The molecule has 0 bridgehead atoms. The van der Waals surface area contributed by atoms with Gasteiger partial charge in [0.2, 0.25) is 5.91 Å². The minimum atomic E-state index is -0.200. The predicted molar refractivity (Wildman–Crippen MR) is 64.1 cm³/mol. The molecule has 1 heterocycles. The number of likely N-dealkylation sites (tertiary alicyclic amines) is 1. The van der Waals surface area contributed by atoms with Crippen LogP contribution in [0.1, 0.15) is 33.1 Å². The second-order valence-corrected chi connectivity index (χ2v) is 5.02. The van der Waals surface area contributed by atoms with Crippen LogP contribution in [-0.4, -0.2) is 48.2 Å². The Morgan fingerprint density at radius 2 is 2.25 bits per heavy atom. The highest BCUT2D eigenvalue weighted by Gasteiger charge is 2.26. The van der Waals surface area contributed by atoms with Gasteiger partial charge in [-0.05, 0) is 32.2 Å². The van der Waals surface area contributed by atoms with Gasteiger partial charge in [-0.15, -0.1) is 0 Å². The second-order valence-electron chi connectivity index (χ2n) is 5.02. The highest BCUT2D eigenvalue weighted by atomic mass is 16.3. The summed E-state index contributed by atoms with van der Waals surface area (Å²) < 4.78 is 0. The molecule has 1 amide bonds. The summed E-state index contributed by atoms with van der Waals surface area (Å²) in [5, 5.41) is 12.6. The minimum absolute atomic E-state index is 0.0371. The van der Waals surface area contributed by atoms with E-state index in [2.05, 4.69) is 17.3 Å². The molecule has 3 atom stereocenters. The zero-order chi connectivity index (χ0) is 12.1. The van der Waals surface area contributed by atoms with Crippen LogP contribution in [0.4, 0.5) is 0 Å². The lowest BCUT2D eigenvalue weighted by atomic mass is 9.89. The Bertz CT molecular complexity index is 233. The third-order valence-electron chi connectivity index (χ3n) is 3.20. The third-order valence-corrected chi connectivity index (χ3v) is 3.20. The van der Waals surface area contributed by atoms with Gasteiger partial charge >= 0.3 is 0 Å². The molecule has 1 fully saturated rings. The lowest BCUT2D eigenvalue weighted by Gasteiger charge is -2.36. The molecule has 0 aromatic carbocycles. The van der Waals surface area contributed by atoms with Crippen LogP contribution >= 0.6 is 0 Å². The van der Waals surface area contributed by atoms with Gasteiger partial charge in [0.05, 0.1) is 6.10 Å². The minimum Gasteiger partial charge on any atom is -0.393 e. The van der Waals surface area contributed by atoms with Crippen molar-refractivity contribution in [2.45, 2.75) is 45.3 Å². The van der Waals surface area contributed by atoms with Crippen molar-refractivity contribution in [1.82, 2.24) is 10.2 Å². The number of nitrogens with one attached hydrogen (secondary N) is 1. The fraction of sp³-hybridized carbons (Fsp3) is 0.917. The molecule has 4 nitrogen and oxygen atoms in total. The molecule has 16 heavy (non-hydrogen) atoms. The lowest BCUT2D eigenvalue weighted by molar-refractivity contribution is -0.120. The van der Waals surface area contributed by atoms with E-state index in [4.69, 9.17) is 0 Å². The van der Waals surface area contributed by atoms with E-state index < -0.39 is 0 Å². The predicted octanol–water partition coefficient (Wildman–Crippen LogP) is 0.604. The van der Waals surface area contributed by atoms with Crippen molar-refractivity contribution < 1.29 is 9.90 Å². The zero-order valence-corrected chi connectivity index (χ0v) is 10.6. The van der Waals surface area contributed by atoms with Crippen LogP contribution in [0, 0.1) is 5.92 Å². The highest BCUT2D eigenvalue weighted by molar-refractivity contribution is 5.73. The van der Waals surface area contributed by atoms with Crippen molar-refractivity contribution in [3.05, 3.63) is 0 Å². The summed E-state index contributed by atoms with van der Waals surface area (Å²) in [5.41, 5.74) is 0. The van der Waals surface area contributed by atoms with Crippen LogP contribution in [0.3, 0.4) is 0 Å². The first-order valence-electron chi connectivity index (χ1n) is 6.15. The quantitative estimate of drug-likeness (QED) is 0.741. The molecular weight excluding hydrogens is 204 g/mol. The number of aliphatic hydroxyl groups is 1. The molecule has 1 rings (SSSR count). The molecule has 0 aliphatic carbocycles. The molecule has 94 valence electrons. The van der Waals surface area contributed by atoms with Crippen molar-refractivity contribution in [3.8, 4) is 0 Å². The molecule has 3 unspecified atom stereocenters. The first kappa shape index (κ1) is 13.5. The van der Waals surface area contributed by atoms with Crippen LogP contribution in [0.15, 0.2) is 0 Å². The van der Waals surface area contributed by atoms with Gasteiger partial charge in [-0.25, -0.2) is 0 Å². The number of nitrogens with zero attached hydrogens (tertiary/aromatic N) is 1. The SMILES string of the molecule is CCC(O)CC1CC(NC(C)=O)CN(C)C1. The van der Waals surface area contributed by atoms with Gasteiger partial charge in [-0.2, -0.15) is 0 Å². The number of piperidine rings is 1. The van der Waals surface area contributed by atoms with E-state index in [-0.39, 0.29) is 18.1 Å². The van der Waals surface area contributed by atoms with Crippen LogP contribution in [-0.2, 0) is 4.79 Å². The van der Waals surface area contributed by atoms with E-state index in [9.17, 15) is 9.90 Å². The Kier molecular flexibility index (Phi) is 5.22. The highest BCUT2D eigenvalue weighted by Crippen LogP contribution is 2.21. The standard InChI is InChI=1S/C12H24N2O2/c1-4-12(16)6-10-5-11(13-9(2)15)8-14(3)7-10/h10-12,16H,4-8H2,1-3H3,(H,13,15). The van der Waals surface area contributed by atoms with Crippen LogP contribution in [0.2, 0.25) is 0 Å². The van der Waals surface area contributed by atoms with Crippen LogP contribution < -0.4 is 5.32 Å². The molecule has 1 saturated heterocycles. The van der Waals surface area contributed by atoms with Gasteiger partial charge in [0.15, 0.2) is 0 Å². The largest absolute Gasteiger partial charge is 0.393 e. The average molecular weight is 228 g/mol. The maximum atomic E-state index is 11.0. The van der Waals surface area contributed by atoms with E-state index in [1.807, 2.05) is 6.92 Å². The van der Waals surface area contributed by atoms with Gasteiger partial charge in [0.1, 0.15) is 0 Å². The zero-order valence-electron chi connectivity index (χ0n) is 10.6. The maximum absolute atomic E-state index is 11.0. The van der Waals surface area contributed by atoms with Gasteiger partial charge in [-0.1, -0.05) is 6.92 Å². The average Bonchev–Trinajstić information content (AvgIpc) is 2.15. The van der Waals surface area contributed by atoms with Gasteiger partial charge < -0.3 is 15.3 Å². The van der Waals surface area contributed by atoms with Gasteiger partial charge in [0, 0.05) is 26.1 Å². The van der Waals surface area contributed by atoms with Gasteiger partial charge in [0.25, 0.3) is 0 Å². The number of amides is 1. The summed E-state index contributed by atoms with van der Waals surface area (Å²) in [6.07, 6.45) is 2.44. The number of rotatable bonds is 4. The molecule has 1 aliphatic heterocycles. The van der Waals surface area contributed by atoms with E-state index >= 15 is 0 Å². The van der Waals surface area contributed by atoms with Crippen molar-refractivity contribution in [1.29, 1.82) is 0 Å². The first-order chi connectivity index (χ1) is 7.51. The Morgan fingerprint density at radius 3 is 2.81 bits per heavy atom. The van der Waals surface area contributed by atoms with Crippen LogP contribution in [0.5, 0.6) is 0 Å². The maximum Gasteiger partial charge on any atom is 0.217 e. The molecule has 2 N–H and O–H groups in total. The molecule has 0 aromatic rings. The Hall–Kier alpha value is -0.610. The van der Waals surface area contributed by atoms with E-state index in [0.717, 1.165) is 32.4 Å². The molecule has 0 aromatic heterocycles. The summed E-state index contributed by atoms with van der Waals surface area (Å²) >= 11 is 0. The van der Waals surface area contributed by atoms with E-state index in [1.54, 1.807) is 6.92 Å². The molecule has 0 radical (unpaired) electrons. The number of likely N-dealkylation sites (N-methyl/N-ethyl adjacent to an activating group) is 1. The fourth-order valence-corrected chi connectivity index (χ4v) is 2.56. The number of carbonyl (C=O) groups excluding carboxylic acids is 1. The summed E-state index contributed by atoms with van der Waals surface area (Å²) in [6.45, 7) is 5.50. The van der Waals surface area contributed by atoms with E-state index in [0.29, 0.717) is 5.92 Å². The van der Waals surface area contributed by atoms with Gasteiger partial charge in [-0.3, -0.25) is 4.79 Å². The number of hydrogen-bond donors (Lipinski definition) is 2. The first-order valence-corrected chi connectivity index (χ1v) is 6.15. The number of aliphatic hydroxyl groups excluding tert-OH is 1. The molecule has 4 heteroatoms. The van der Waals surface area contributed by atoms with Crippen molar-refractivity contribution >= 4 is 5.91 Å². The Balaban J connectivity index is 2.44. The molecule has 0 spiro atoms.